The topological polar surface area (TPSA) is 95.2 Å². The zero-order valence-corrected chi connectivity index (χ0v) is 18.6. The maximum Gasteiger partial charge on any atom is 0.223 e. The molecule has 1 aliphatic rings. The Bertz CT molecular complexity index is 1160. The van der Waals surface area contributed by atoms with E-state index < -0.39 is 9.84 Å². The van der Waals surface area contributed by atoms with Crippen molar-refractivity contribution in [3.63, 3.8) is 0 Å². The lowest BCUT2D eigenvalue weighted by Crippen LogP contribution is -2.45. The van der Waals surface area contributed by atoms with E-state index in [2.05, 4.69) is 15.3 Å². The second-order valence-electron chi connectivity index (χ2n) is 7.82. The summed E-state index contributed by atoms with van der Waals surface area (Å²) in [6.45, 7) is 1.96. The minimum Gasteiger partial charge on any atom is -0.351 e. The Morgan fingerprint density at radius 3 is 2.65 bits per heavy atom. The number of hydrogen-bond acceptors (Lipinski definition) is 5. The summed E-state index contributed by atoms with van der Waals surface area (Å²) < 4.78 is 25.5. The van der Waals surface area contributed by atoms with E-state index in [4.69, 9.17) is 11.6 Å². The number of rotatable bonds is 7. The van der Waals surface area contributed by atoms with Gasteiger partial charge in [0.05, 0.1) is 22.7 Å². The predicted octanol–water partition coefficient (Wildman–Crippen LogP) is 3.16. The van der Waals surface area contributed by atoms with Crippen LogP contribution in [0.25, 0.3) is 10.8 Å². The van der Waals surface area contributed by atoms with E-state index in [-0.39, 0.29) is 23.0 Å². The number of aromatic nitrogens is 2. The Morgan fingerprint density at radius 2 is 1.90 bits per heavy atom. The number of halogens is 1. The lowest BCUT2D eigenvalue weighted by molar-refractivity contribution is -0.131. The number of aromatic amines is 1. The summed E-state index contributed by atoms with van der Waals surface area (Å²) in [4.78, 5) is 21.7. The zero-order chi connectivity index (χ0) is 21.8. The van der Waals surface area contributed by atoms with Gasteiger partial charge in [0.2, 0.25) is 5.91 Å². The van der Waals surface area contributed by atoms with Gasteiger partial charge in [-0.2, -0.15) is 0 Å². The lowest BCUT2D eigenvalue weighted by atomic mass is 10.0. The lowest BCUT2D eigenvalue weighted by Gasteiger charge is -2.32. The molecule has 0 aliphatic carbocycles. The van der Waals surface area contributed by atoms with E-state index in [0.717, 1.165) is 29.3 Å². The van der Waals surface area contributed by atoms with Crippen LogP contribution in [0.5, 0.6) is 0 Å². The van der Waals surface area contributed by atoms with Gasteiger partial charge in [0.1, 0.15) is 0 Å². The second kappa shape index (κ2) is 9.38. The highest BCUT2D eigenvalue weighted by Crippen LogP contribution is 2.23. The molecule has 0 unspecified atom stereocenters. The Hall–Kier alpha value is -2.42. The average molecular weight is 461 g/mol. The zero-order valence-electron chi connectivity index (χ0n) is 17.1. The van der Waals surface area contributed by atoms with Gasteiger partial charge in [-0.1, -0.05) is 23.7 Å². The molecule has 1 aromatic heterocycles. The SMILES string of the molecule is O=C(CCS(=O)(=O)c1ccc2cc(Cl)ccc2c1)N1CCC(NCc2c[nH]cn2)CC1. The summed E-state index contributed by atoms with van der Waals surface area (Å²) in [5.41, 5.74) is 0.959. The molecule has 1 fully saturated rings. The highest BCUT2D eigenvalue weighted by atomic mass is 35.5. The van der Waals surface area contributed by atoms with E-state index in [1.54, 1.807) is 47.6 Å². The van der Waals surface area contributed by atoms with Crippen molar-refractivity contribution >= 4 is 38.1 Å². The molecule has 0 atom stereocenters. The third kappa shape index (κ3) is 5.44. The molecule has 1 aliphatic heterocycles. The van der Waals surface area contributed by atoms with Crippen LogP contribution in [0.4, 0.5) is 0 Å². The van der Waals surface area contributed by atoms with Gasteiger partial charge in [0, 0.05) is 43.3 Å². The molecule has 31 heavy (non-hydrogen) atoms. The number of carbonyl (C=O) groups excluding carboxylic acids is 1. The van der Waals surface area contributed by atoms with Crippen LogP contribution in [0.15, 0.2) is 53.8 Å². The molecule has 164 valence electrons. The quantitative estimate of drug-likeness (QED) is 0.564. The van der Waals surface area contributed by atoms with E-state index in [9.17, 15) is 13.2 Å². The summed E-state index contributed by atoms with van der Waals surface area (Å²) in [6.07, 6.45) is 5.19. The third-order valence-corrected chi connectivity index (χ3v) is 7.64. The van der Waals surface area contributed by atoms with Crippen LogP contribution < -0.4 is 5.32 Å². The Kier molecular flexibility index (Phi) is 6.60. The van der Waals surface area contributed by atoms with Crippen molar-refractivity contribution < 1.29 is 13.2 Å². The van der Waals surface area contributed by atoms with Crippen molar-refractivity contribution in [2.45, 2.75) is 36.7 Å². The summed E-state index contributed by atoms with van der Waals surface area (Å²) in [5.74, 6) is -0.302. The molecule has 7 nitrogen and oxygen atoms in total. The first-order chi connectivity index (χ1) is 14.9. The van der Waals surface area contributed by atoms with Gasteiger partial charge in [0.25, 0.3) is 0 Å². The molecule has 2 heterocycles. The van der Waals surface area contributed by atoms with Gasteiger partial charge >= 0.3 is 0 Å². The molecule has 0 bridgehead atoms. The maximum absolute atomic E-state index is 12.8. The molecule has 2 N–H and O–H groups in total. The van der Waals surface area contributed by atoms with Gasteiger partial charge in [-0.05, 0) is 47.9 Å². The van der Waals surface area contributed by atoms with Gasteiger partial charge in [-0.25, -0.2) is 13.4 Å². The molecule has 0 spiro atoms. The Balaban J connectivity index is 1.28. The monoisotopic (exact) mass is 460 g/mol. The second-order valence-corrected chi connectivity index (χ2v) is 10.4. The maximum atomic E-state index is 12.8. The van der Waals surface area contributed by atoms with Crippen molar-refractivity contribution in [3.05, 3.63) is 59.6 Å². The number of H-pyrrole nitrogens is 1. The van der Waals surface area contributed by atoms with Crippen molar-refractivity contribution in [1.29, 1.82) is 0 Å². The van der Waals surface area contributed by atoms with Crippen molar-refractivity contribution in [3.8, 4) is 0 Å². The van der Waals surface area contributed by atoms with E-state index in [1.165, 1.54) is 0 Å². The minimum atomic E-state index is -3.54. The van der Waals surface area contributed by atoms with Crippen LogP contribution in [0.3, 0.4) is 0 Å². The molecule has 1 saturated heterocycles. The average Bonchev–Trinajstić information content (AvgIpc) is 3.30. The number of fused-ring (bicyclic) bond motifs is 1. The van der Waals surface area contributed by atoms with Gasteiger partial charge < -0.3 is 15.2 Å². The number of nitrogens with one attached hydrogen (secondary N) is 2. The molecule has 3 aromatic rings. The predicted molar refractivity (Wildman–Crippen MR) is 121 cm³/mol. The number of nitrogens with zero attached hydrogens (tertiary/aromatic N) is 2. The summed E-state index contributed by atoms with van der Waals surface area (Å²) in [6, 6.07) is 10.6. The number of likely N-dealkylation sites (tertiary alicyclic amines) is 1. The van der Waals surface area contributed by atoms with Gasteiger partial charge in [0.15, 0.2) is 9.84 Å². The fourth-order valence-corrected chi connectivity index (χ4v) is 5.30. The Labute approximate surface area is 186 Å². The van der Waals surface area contributed by atoms with Gasteiger partial charge in [-0.3, -0.25) is 4.79 Å². The van der Waals surface area contributed by atoms with E-state index >= 15 is 0 Å². The first kappa shape index (κ1) is 21.8. The molecule has 2 aromatic carbocycles. The number of sulfone groups is 1. The summed E-state index contributed by atoms with van der Waals surface area (Å²) in [5, 5.41) is 5.75. The largest absolute Gasteiger partial charge is 0.351 e. The first-order valence-electron chi connectivity index (χ1n) is 10.3. The highest BCUT2D eigenvalue weighted by Gasteiger charge is 2.24. The van der Waals surface area contributed by atoms with Crippen LogP contribution >= 0.6 is 11.6 Å². The number of hydrogen-bond donors (Lipinski definition) is 2. The van der Waals surface area contributed by atoms with Crippen LogP contribution in [-0.4, -0.2) is 54.1 Å². The fraction of sp³-hybridized carbons (Fsp3) is 0.364. The van der Waals surface area contributed by atoms with Crippen molar-refractivity contribution in [2.75, 3.05) is 18.8 Å². The van der Waals surface area contributed by atoms with Crippen LogP contribution in [-0.2, 0) is 21.2 Å². The normalized spacial score (nSPS) is 15.5. The van der Waals surface area contributed by atoms with Crippen LogP contribution in [0.1, 0.15) is 25.0 Å². The van der Waals surface area contributed by atoms with Crippen molar-refractivity contribution in [1.82, 2.24) is 20.2 Å². The van der Waals surface area contributed by atoms with E-state index in [1.807, 2.05) is 6.20 Å². The van der Waals surface area contributed by atoms with Gasteiger partial charge in [-0.15, -0.1) is 0 Å². The summed E-state index contributed by atoms with van der Waals surface area (Å²) >= 11 is 5.99. The number of amides is 1. The molecular weight excluding hydrogens is 436 g/mol. The number of carbonyl (C=O) groups is 1. The molecule has 0 saturated carbocycles. The number of benzene rings is 2. The molecule has 0 radical (unpaired) electrons. The standard InChI is InChI=1S/C22H25ClN4O3S/c23-18-3-1-17-12-21(4-2-16(17)11-18)31(29,30)10-7-22(28)27-8-5-19(6-9-27)25-14-20-13-24-15-26-20/h1-4,11-13,15,19,25H,5-10,14H2,(H,24,26). The number of imidazole rings is 1. The third-order valence-electron chi connectivity index (χ3n) is 5.69. The minimum absolute atomic E-state index is 0.00759. The smallest absolute Gasteiger partial charge is 0.223 e. The molecule has 4 rings (SSSR count). The Morgan fingerprint density at radius 1 is 1.16 bits per heavy atom. The number of piperidine rings is 1. The molecule has 9 heteroatoms. The highest BCUT2D eigenvalue weighted by molar-refractivity contribution is 7.91. The molecular formula is C22H25ClN4O3S. The van der Waals surface area contributed by atoms with Crippen LogP contribution in [0.2, 0.25) is 5.02 Å². The summed E-state index contributed by atoms with van der Waals surface area (Å²) in [7, 11) is -3.54. The first-order valence-corrected chi connectivity index (χ1v) is 12.3. The van der Waals surface area contributed by atoms with E-state index in [0.29, 0.717) is 30.7 Å². The molecule has 1 amide bonds. The van der Waals surface area contributed by atoms with Crippen molar-refractivity contribution in [2.24, 2.45) is 0 Å². The van der Waals surface area contributed by atoms with Crippen LogP contribution in [0, 0.1) is 0 Å². The fourth-order valence-electron chi connectivity index (χ4n) is 3.86.